The first-order valence-corrected chi connectivity index (χ1v) is 7.02. The van der Waals surface area contributed by atoms with Crippen LogP contribution in [-0.2, 0) is 0 Å². The zero-order valence-corrected chi connectivity index (χ0v) is 12.6. The Kier molecular flexibility index (Phi) is 5.00. The second kappa shape index (κ2) is 6.55. The topological polar surface area (TPSA) is 53.7 Å². The zero-order valence-electron chi connectivity index (χ0n) is 11.8. The molecule has 3 rings (SSSR count). The van der Waals surface area contributed by atoms with Crippen LogP contribution in [0.4, 0.5) is 0 Å². The molecule has 20 heavy (non-hydrogen) atoms. The van der Waals surface area contributed by atoms with Crippen LogP contribution in [0.15, 0.2) is 12.1 Å². The van der Waals surface area contributed by atoms with Gasteiger partial charge in [0.1, 0.15) is 0 Å². The molecule has 2 N–H and O–H groups in total. The predicted octanol–water partition coefficient (Wildman–Crippen LogP) is 3.43. The lowest BCUT2D eigenvalue weighted by Gasteiger charge is -2.28. The molecule has 2 aliphatic rings. The van der Waals surface area contributed by atoms with E-state index in [0.717, 1.165) is 17.1 Å². The molecule has 1 aliphatic heterocycles. The summed E-state index contributed by atoms with van der Waals surface area (Å²) in [6.45, 7) is 0.258. The first-order chi connectivity index (χ1) is 9.29. The Hall–Kier alpha value is -1.13. The van der Waals surface area contributed by atoms with E-state index in [2.05, 4.69) is 0 Å². The minimum Gasteiger partial charge on any atom is -0.493 e. The van der Waals surface area contributed by atoms with Crippen molar-refractivity contribution in [2.75, 3.05) is 13.9 Å². The van der Waals surface area contributed by atoms with Gasteiger partial charge in [-0.2, -0.15) is 0 Å². The lowest BCUT2D eigenvalue weighted by molar-refractivity contribution is 0.171. The molecule has 0 amide bonds. The van der Waals surface area contributed by atoms with Gasteiger partial charge < -0.3 is 19.9 Å². The maximum Gasteiger partial charge on any atom is 0.231 e. The van der Waals surface area contributed by atoms with Crippen LogP contribution in [0, 0.1) is 5.92 Å². The third-order valence-electron chi connectivity index (χ3n) is 4.22. The summed E-state index contributed by atoms with van der Waals surface area (Å²) in [5, 5.41) is 0. The van der Waals surface area contributed by atoms with Crippen LogP contribution in [0.3, 0.4) is 0 Å². The summed E-state index contributed by atoms with van der Waals surface area (Å²) in [7, 11) is 1.65. The molecule has 1 aromatic carbocycles. The number of hydrogen-bond donors (Lipinski definition) is 1. The largest absolute Gasteiger partial charge is 0.493 e. The number of halogens is 1. The van der Waals surface area contributed by atoms with Gasteiger partial charge in [0.2, 0.25) is 12.5 Å². The lowest BCUT2D eigenvalue weighted by Crippen LogP contribution is -2.23. The molecular weight excluding hydrogens is 278 g/mol. The molecule has 0 spiro atoms. The van der Waals surface area contributed by atoms with Gasteiger partial charge in [-0.05, 0) is 36.5 Å². The van der Waals surface area contributed by atoms with Crippen LogP contribution in [0.2, 0.25) is 0 Å². The molecule has 0 aromatic heterocycles. The van der Waals surface area contributed by atoms with Gasteiger partial charge in [-0.25, -0.2) is 0 Å². The summed E-state index contributed by atoms with van der Waals surface area (Å²) in [4.78, 5) is 0. The molecule has 1 atom stereocenters. The van der Waals surface area contributed by atoms with Gasteiger partial charge >= 0.3 is 0 Å². The summed E-state index contributed by atoms with van der Waals surface area (Å²) < 4.78 is 16.2. The van der Waals surface area contributed by atoms with Gasteiger partial charge in [-0.1, -0.05) is 19.3 Å². The maximum absolute atomic E-state index is 6.44. The van der Waals surface area contributed by atoms with Crippen molar-refractivity contribution in [2.24, 2.45) is 11.7 Å². The summed E-state index contributed by atoms with van der Waals surface area (Å²) in [5.74, 6) is 2.73. The van der Waals surface area contributed by atoms with Crippen molar-refractivity contribution in [3.8, 4) is 17.2 Å². The van der Waals surface area contributed by atoms with Crippen LogP contribution in [0.25, 0.3) is 0 Å². The highest BCUT2D eigenvalue weighted by Crippen LogP contribution is 2.44. The van der Waals surface area contributed by atoms with Gasteiger partial charge in [-0.3, -0.25) is 0 Å². The van der Waals surface area contributed by atoms with E-state index in [1.807, 2.05) is 12.1 Å². The summed E-state index contributed by atoms with van der Waals surface area (Å²) in [6, 6.07) is 4.06. The highest BCUT2D eigenvalue weighted by atomic mass is 35.5. The number of fused-ring (bicyclic) bond motifs is 1. The summed E-state index contributed by atoms with van der Waals surface area (Å²) in [5.41, 5.74) is 7.53. The van der Waals surface area contributed by atoms with Gasteiger partial charge in [-0.15, -0.1) is 12.4 Å². The second-order valence-corrected chi connectivity index (χ2v) is 5.38. The van der Waals surface area contributed by atoms with Gasteiger partial charge in [0.05, 0.1) is 7.11 Å². The van der Waals surface area contributed by atoms with E-state index in [1.165, 1.54) is 32.1 Å². The molecule has 1 heterocycles. The lowest BCUT2D eigenvalue weighted by atomic mass is 9.81. The van der Waals surface area contributed by atoms with E-state index < -0.39 is 0 Å². The predicted molar refractivity (Wildman–Crippen MR) is 79.9 cm³/mol. The molecule has 1 fully saturated rings. The summed E-state index contributed by atoms with van der Waals surface area (Å²) >= 11 is 0. The molecule has 1 aliphatic carbocycles. The first-order valence-electron chi connectivity index (χ1n) is 7.02. The van der Waals surface area contributed by atoms with Crippen LogP contribution in [-0.4, -0.2) is 13.9 Å². The van der Waals surface area contributed by atoms with Gasteiger partial charge in [0.15, 0.2) is 11.5 Å². The van der Waals surface area contributed by atoms with E-state index >= 15 is 0 Å². The fourth-order valence-corrected chi connectivity index (χ4v) is 3.11. The number of rotatable bonds is 3. The van der Waals surface area contributed by atoms with E-state index in [0.29, 0.717) is 11.7 Å². The third-order valence-corrected chi connectivity index (χ3v) is 4.22. The molecule has 0 radical (unpaired) electrons. The maximum atomic E-state index is 6.44. The fraction of sp³-hybridized carbons (Fsp3) is 0.600. The standard InChI is InChI=1S/C15H21NO3.ClH/c1-17-12-7-11(8-13-15(12)19-9-18-13)14(16)10-5-3-2-4-6-10;/h7-8,10,14H,2-6,9,16H2,1H3;1H/t14-;/m0./s1. The van der Waals surface area contributed by atoms with Crippen LogP contribution >= 0.6 is 12.4 Å². The van der Waals surface area contributed by atoms with E-state index in [-0.39, 0.29) is 25.2 Å². The third kappa shape index (κ3) is 2.81. The number of benzene rings is 1. The number of hydrogen-bond acceptors (Lipinski definition) is 4. The minimum atomic E-state index is 0. The normalized spacial score (nSPS) is 19.3. The second-order valence-electron chi connectivity index (χ2n) is 5.38. The first kappa shape index (κ1) is 15.3. The van der Waals surface area contributed by atoms with Gasteiger partial charge in [0.25, 0.3) is 0 Å². The average molecular weight is 300 g/mol. The molecular formula is C15H22ClNO3. The van der Waals surface area contributed by atoms with Crippen molar-refractivity contribution < 1.29 is 14.2 Å². The Balaban J connectivity index is 0.00000147. The van der Waals surface area contributed by atoms with Gasteiger partial charge in [0, 0.05) is 6.04 Å². The van der Waals surface area contributed by atoms with Crippen LogP contribution < -0.4 is 19.9 Å². The van der Waals surface area contributed by atoms with E-state index in [9.17, 15) is 0 Å². The van der Waals surface area contributed by atoms with Crippen molar-refractivity contribution in [3.05, 3.63) is 17.7 Å². The Labute approximate surface area is 126 Å². The molecule has 0 saturated heterocycles. The Morgan fingerprint density at radius 1 is 1.20 bits per heavy atom. The molecule has 1 saturated carbocycles. The highest BCUT2D eigenvalue weighted by molar-refractivity contribution is 5.85. The van der Waals surface area contributed by atoms with Crippen LogP contribution in [0.5, 0.6) is 17.2 Å². The monoisotopic (exact) mass is 299 g/mol. The molecule has 112 valence electrons. The van der Waals surface area contributed by atoms with Crippen molar-refractivity contribution in [3.63, 3.8) is 0 Å². The highest BCUT2D eigenvalue weighted by Gasteiger charge is 2.26. The number of ether oxygens (including phenoxy) is 3. The number of nitrogens with two attached hydrogens (primary N) is 1. The smallest absolute Gasteiger partial charge is 0.231 e. The Morgan fingerprint density at radius 3 is 2.65 bits per heavy atom. The van der Waals surface area contributed by atoms with Crippen molar-refractivity contribution in [1.29, 1.82) is 0 Å². The molecule has 0 unspecified atom stereocenters. The zero-order chi connectivity index (χ0) is 13.2. The SMILES string of the molecule is COc1cc([C@@H](N)C2CCCCC2)cc2c1OCO2.Cl. The molecule has 5 heteroatoms. The van der Waals surface area contributed by atoms with Crippen molar-refractivity contribution >= 4 is 12.4 Å². The Bertz CT molecular complexity index is 461. The molecule has 1 aromatic rings. The van der Waals surface area contributed by atoms with E-state index in [4.69, 9.17) is 19.9 Å². The quantitative estimate of drug-likeness (QED) is 0.929. The molecule has 0 bridgehead atoms. The Morgan fingerprint density at radius 2 is 1.95 bits per heavy atom. The van der Waals surface area contributed by atoms with Crippen LogP contribution in [0.1, 0.15) is 43.7 Å². The van der Waals surface area contributed by atoms with E-state index in [1.54, 1.807) is 7.11 Å². The summed E-state index contributed by atoms with van der Waals surface area (Å²) in [6.07, 6.45) is 6.36. The average Bonchev–Trinajstić information content (AvgIpc) is 2.94. The molecule has 4 nitrogen and oxygen atoms in total. The fourth-order valence-electron chi connectivity index (χ4n) is 3.11. The van der Waals surface area contributed by atoms with Crippen molar-refractivity contribution in [1.82, 2.24) is 0 Å². The van der Waals surface area contributed by atoms with Crippen molar-refractivity contribution in [2.45, 2.75) is 38.1 Å². The minimum absolute atomic E-state index is 0. The number of methoxy groups -OCH3 is 1.